The first kappa shape index (κ1) is 13.8. The molecule has 0 saturated heterocycles. The van der Waals surface area contributed by atoms with Gasteiger partial charge >= 0.3 is 0 Å². The van der Waals surface area contributed by atoms with Gasteiger partial charge in [-0.1, -0.05) is 18.2 Å². The van der Waals surface area contributed by atoms with Crippen molar-refractivity contribution < 1.29 is 13.2 Å². The van der Waals surface area contributed by atoms with Crippen molar-refractivity contribution in [1.29, 1.82) is 0 Å². The first-order chi connectivity index (χ1) is 10.00. The number of benzene rings is 2. The Morgan fingerprint density at radius 1 is 1.19 bits per heavy atom. The van der Waals surface area contributed by atoms with E-state index in [4.69, 9.17) is 10.5 Å². The maximum Gasteiger partial charge on any atom is 0.266 e. The van der Waals surface area contributed by atoms with Gasteiger partial charge in [0.2, 0.25) is 0 Å². The number of para-hydroxylation sites is 2. The third-order valence-electron chi connectivity index (χ3n) is 3.42. The summed E-state index contributed by atoms with van der Waals surface area (Å²) in [6.45, 7) is 2.46. The first-order valence-corrected chi connectivity index (χ1v) is 8.05. The van der Waals surface area contributed by atoms with Crippen molar-refractivity contribution in [3.8, 4) is 5.75 Å². The van der Waals surface area contributed by atoms with Crippen molar-refractivity contribution in [3.63, 3.8) is 0 Å². The zero-order chi connectivity index (χ0) is 15.0. The van der Waals surface area contributed by atoms with Gasteiger partial charge in [0, 0.05) is 0 Å². The first-order valence-electron chi connectivity index (χ1n) is 6.61. The van der Waals surface area contributed by atoms with Gasteiger partial charge in [-0.15, -0.1) is 0 Å². The molecule has 1 heterocycles. The lowest BCUT2D eigenvalue weighted by Crippen LogP contribution is -2.38. The van der Waals surface area contributed by atoms with Gasteiger partial charge in [0.1, 0.15) is 17.3 Å². The molecular formula is C15H16N2O3S. The highest BCUT2D eigenvalue weighted by Gasteiger charge is 2.31. The molecule has 2 aromatic carbocycles. The van der Waals surface area contributed by atoms with Crippen LogP contribution in [-0.2, 0) is 10.0 Å². The molecule has 0 atom stereocenters. The van der Waals surface area contributed by atoms with Crippen LogP contribution < -0.4 is 14.8 Å². The van der Waals surface area contributed by atoms with E-state index in [0.717, 1.165) is 5.56 Å². The molecule has 0 fully saturated rings. The molecule has 0 aromatic heterocycles. The molecule has 5 nitrogen and oxygen atoms in total. The van der Waals surface area contributed by atoms with Gasteiger partial charge in [-0.3, -0.25) is 4.31 Å². The molecule has 0 radical (unpaired) electrons. The Hall–Kier alpha value is -2.21. The Bertz CT molecular complexity index is 787. The van der Waals surface area contributed by atoms with Crippen LogP contribution in [0.5, 0.6) is 5.75 Å². The van der Waals surface area contributed by atoms with Crippen LogP contribution in [0, 0.1) is 6.92 Å². The summed E-state index contributed by atoms with van der Waals surface area (Å²) < 4.78 is 32.6. The summed E-state index contributed by atoms with van der Waals surface area (Å²) in [5, 5.41) is 0. The highest BCUT2D eigenvalue weighted by Crippen LogP contribution is 2.36. The normalized spacial score (nSPS) is 14.4. The highest BCUT2D eigenvalue weighted by atomic mass is 32.2. The van der Waals surface area contributed by atoms with E-state index in [1.807, 2.05) is 13.0 Å². The van der Waals surface area contributed by atoms with Gasteiger partial charge < -0.3 is 10.5 Å². The maximum absolute atomic E-state index is 12.9. The third kappa shape index (κ3) is 2.31. The lowest BCUT2D eigenvalue weighted by Gasteiger charge is -2.30. The van der Waals surface area contributed by atoms with E-state index in [0.29, 0.717) is 18.0 Å². The largest absolute Gasteiger partial charge is 0.489 e. The number of nitrogens with zero attached hydrogens (tertiary/aromatic N) is 1. The van der Waals surface area contributed by atoms with Crippen LogP contribution in [0.4, 0.5) is 11.4 Å². The molecule has 0 amide bonds. The number of aryl methyl sites for hydroxylation is 1. The highest BCUT2D eigenvalue weighted by molar-refractivity contribution is 7.93. The molecule has 1 aliphatic rings. The second-order valence-electron chi connectivity index (χ2n) is 4.93. The van der Waals surface area contributed by atoms with E-state index in [2.05, 4.69) is 0 Å². The summed E-state index contributed by atoms with van der Waals surface area (Å²) in [6.07, 6.45) is 0. The molecule has 0 unspecified atom stereocenters. The Morgan fingerprint density at radius 2 is 1.95 bits per heavy atom. The molecule has 2 N–H and O–H groups in total. The fourth-order valence-electron chi connectivity index (χ4n) is 2.42. The maximum atomic E-state index is 12.9. The van der Waals surface area contributed by atoms with Crippen LogP contribution in [0.2, 0.25) is 0 Å². The molecular weight excluding hydrogens is 288 g/mol. The van der Waals surface area contributed by atoms with Gasteiger partial charge in [-0.05, 0) is 36.8 Å². The SMILES string of the molecule is Cc1ccc(S(=O)(=O)N2CCOc3ccccc32)c(N)c1. The second kappa shape index (κ2) is 4.96. The number of nitrogens with two attached hydrogens (primary N) is 1. The number of hydrogen-bond donors (Lipinski definition) is 1. The van der Waals surface area contributed by atoms with Crippen LogP contribution in [0.15, 0.2) is 47.4 Å². The minimum atomic E-state index is -3.69. The zero-order valence-electron chi connectivity index (χ0n) is 11.6. The van der Waals surface area contributed by atoms with Crippen molar-refractivity contribution >= 4 is 21.4 Å². The summed E-state index contributed by atoms with van der Waals surface area (Å²) in [6, 6.07) is 12.1. The van der Waals surface area contributed by atoms with Gasteiger partial charge in [0.25, 0.3) is 10.0 Å². The van der Waals surface area contributed by atoms with Gasteiger partial charge in [0.05, 0.1) is 17.9 Å². The standard InChI is InChI=1S/C15H16N2O3S/c1-11-6-7-15(12(16)10-11)21(18,19)17-8-9-20-14-5-3-2-4-13(14)17/h2-7,10H,8-9,16H2,1H3. The second-order valence-corrected chi connectivity index (χ2v) is 6.77. The number of nitrogen functional groups attached to an aromatic ring is 1. The number of anilines is 2. The van der Waals surface area contributed by atoms with Crippen LogP contribution in [0.1, 0.15) is 5.56 Å². The van der Waals surface area contributed by atoms with Crippen LogP contribution in [0.25, 0.3) is 0 Å². The molecule has 1 aliphatic heterocycles. The third-order valence-corrected chi connectivity index (χ3v) is 5.31. The van der Waals surface area contributed by atoms with E-state index in [1.165, 1.54) is 4.31 Å². The number of sulfonamides is 1. The van der Waals surface area contributed by atoms with Crippen molar-refractivity contribution in [3.05, 3.63) is 48.0 Å². The monoisotopic (exact) mass is 304 g/mol. The summed E-state index contributed by atoms with van der Waals surface area (Å²) in [4.78, 5) is 0.129. The Labute approximate surface area is 124 Å². The van der Waals surface area contributed by atoms with Crippen LogP contribution in [-0.4, -0.2) is 21.6 Å². The molecule has 0 spiro atoms. The number of rotatable bonds is 2. The molecule has 0 aliphatic carbocycles. The number of hydrogen-bond acceptors (Lipinski definition) is 4. The molecule has 3 rings (SSSR count). The lowest BCUT2D eigenvalue weighted by molar-refractivity contribution is 0.316. The predicted molar refractivity (Wildman–Crippen MR) is 82.1 cm³/mol. The molecule has 2 aromatic rings. The van der Waals surface area contributed by atoms with E-state index in [1.54, 1.807) is 36.4 Å². The summed E-state index contributed by atoms with van der Waals surface area (Å²) in [7, 11) is -3.69. The minimum Gasteiger partial charge on any atom is -0.489 e. The Kier molecular flexibility index (Phi) is 3.25. The van der Waals surface area contributed by atoms with Crippen molar-refractivity contribution in [2.75, 3.05) is 23.2 Å². The van der Waals surface area contributed by atoms with Crippen molar-refractivity contribution in [2.45, 2.75) is 11.8 Å². The topological polar surface area (TPSA) is 72.6 Å². The van der Waals surface area contributed by atoms with Crippen molar-refractivity contribution in [1.82, 2.24) is 0 Å². The number of fused-ring (bicyclic) bond motifs is 1. The molecule has 0 saturated carbocycles. The van der Waals surface area contributed by atoms with Crippen molar-refractivity contribution in [2.24, 2.45) is 0 Å². The van der Waals surface area contributed by atoms with Gasteiger partial charge in [-0.2, -0.15) is 0 Å². The van der Waals surface area contributed by atoms with Crippen LogP contribution in [0.3, 0.4) is 0 Å². The van der Waals surface area contributed by atoms with Gasteiger partial charge in [-0.25, -0.2) is 8.42 Å². The average molecular weight is 304 g/mol. The molecule has 21 heavy (non-hydrogen) atoms. The Balaban J connectivity index is 2.12. The lowest BCUT2D eigenvalue weighted by atomic mass is 10.2. The average Bonchev–Trinajstić information content (AvgIpc) is 2.46. The summed E-state index contributed by atoms with van der Waals surface area (Å²) in [5.41, 5.74) is 7.63. The van der Waals surface area contributed by atoms with Crippen LogP contribution >= 0.6 is 0 Å². The fourth-order valence-corrected chi connectivity index (χ4v) is 3.97. The molecule has 6 heteroatoms. The minimum absolute atomic E-state index is 0.129. The summed E-state index contributed by atoms with van der Waals surface area (Å²) >= 11 is 0. The Morgan fingerprint density at radius 3 is 2.71 bits per heavy atom. The van der Waals surface area contributed by atoms with E-state index in [9.17, 15) is 8.42 Å². The summed E-state index contributed by atoms with van der Waals surface area (Å²) in [5.74, 6) is 0.568. The quantitative estimate of drug-likeness (QED) is 0.863. The van der Waals surface area contributed by atoms with Gasteiger partial charge in [0.15, 0.2) is 0 Å². The van der Waals surface area contributed by atoms with E-state index in [-0.39, 0.29) is 17.1 Å². The zero-order valence-corrected chi connectivity index (χ0v) is 12.4. The van der Waals surface area contributed by atoms with E-state index < -0.39 is 10.0 Å². The molecule has 0 bridgehead atoms. The fraction of sp³-hybridized carbons (Fsp3) is 0.200. The van der Waals surface area contributed by atoms with E-state index >= 15 is 0 Å². The number of ether oxygens (including phenoxy) is 1. The predicted octanol–water partition coefficient (Wildman–Crippen LogP) is 2.16. The smallest absolute Gasteiger partial charge is 0.266 e. The molecule has 110 valence electrons.